The average molecular weight is 359 g/mol. The third-order valence-corrected chi connectivity index (χ3v) is 5.76. The van der Waals surface area contributed by atoms with E-state index in [2.05, 4.69) is 25.8 Å². The molecule has 0 aliphatic carbocycles. The summed E-state index contributed by atoms with van der Waals surface area (Å²) >= 11 is 0. The van der Waals surface area contributed by atoms with E-state index < -0.39 is 0 Å². The summed E-state index contributed by atoms with van der Waals surface area (Å²) in [4.78, 5) is 28.3. The summed E-state index contributed by atoms with van der Waals surface area (Å²) in [5, 5.41) is 0. The first-order chi connectivity index (χ1) is 12.8. The lowest BCUT2D eigenvalue weighted by molar-refractivity contribution is -0.133. The van der Waals surface area contributed by atoms with Crippen LogP contribution in [-0.4, -0.2) is 84.7 Å². The van der Waals surface area contributed by atoms with E-state index in [1.165, 1.54) is 12.8 Å². The van der Waals surface area contributed by atoms with Gasteiger partial charge in [0.1, 0.15) is 12.1 Å². The minimum atomic E-state index is 0.277. The zero-order chi connectivity index (χ0) is 17.8. The maximum absolute atomic E-state index is 12.7. The highest BCUT2D eigenvalue weighted by molar-refractivity contribution is 5.78. The minimum Gasteiger partial charge on any atom is -0.378 e. The Bertz CT molecular complexity index is 614. The fourth-order valence-corrected chi connectivity index (χ4v) is 4.23. The molecule has 1 amide bonds. The number of ether oxygens (including phenoxy) is 1. The number of morpholine rings is 1. The van der Waals surface area contributed by atoms with Crippen molar-refractivity contribution < 1.29 is 9.53 Å². The average Bonchev–Trinajstić information content (AvgIpc) is 3.22. The fraction of sp³-hybridized carbons (Fsp3) is 0.737. The number of amides is 1. The van der Waals surface area contributed by atoms with Crippen LogP contribution in [-0.2, 0) is 9.53 Å². The van der Waals surface area contributed by atoms with Crippen molar-refractivity contribution in [1.82, 2.24) is 19.8 Å². The van der Waals surface area contributed by atoms with Gasteiger partial charge in [0.25, 0.3) is 0 Å². The van der Waals surface area contributed by atoms with Gasteiger partial charge in [-0.05, 0) is 38.8 Å². The first kappa shape index (κ1) is 17.7. The molecule has 0 saturated carbocycles. The summed E-state index contributed by atoms with van der Waals surface area (Å²) in [7, 11) is 0. The van der Waals surface area contributed by atoms with Crippen LogP contribution in [0.5, 0.6) is 0 Å². The van der Waals surface area contributed by atoms with Crippen LogP contribution in [0, 0.1) is 0 Å². The van der Waals surface area contributed by atoms with Gasteiger partial charge in [-0.15, -0.1) is 0 Å². The highest BCUT2D eigenvalue weighted by Gasteiger charge is 2.27. The second kappa shape index (κ2) is 8.31. The van der Waals surface area contributed by atoms with Crippen LogP contribution < -0.4 is 4.90 Å². The highest BCUT2D eigenvalue weighted by Crippen LogP contribution is 2.27. The van der Waals surface area contributed by atoms with Crippen LogP contribution in [0.25, 0.3) is 0 Å². The maximum Gasteiger partial charge on any atom is 0.236 e. The van der Waals surface area contributed by atoms with Crippen molar-refractivity contribution in [3.63, 3.8) is 0 Å². The van der Waals surface area contributed by atoms with Gasteiger partial charge in [-0.3, -0.25) is 9.69 Å². The molecule has 4 heterocycles. The molecule has 1 aromatic rings. The number of likely N-dealkylation sites (tertiary alicyclic amines) is 2. The van der Waals surface area contributed by atoms with Gasteiger partial charge in [-0.2, -0.15) is 0 Å². The van der Waals surface area contributed by atoms with Gasteiger partial charge in [0.15, 0.2) is 0 Å². The molecule has 0 aromatic carbocycles. The molecule has 26 heavy (non-hydrogen) atoms. The molecule has 7 heteroatoms. The van der Waals surface area contributed by atoms with Crippen molar-refractivity contribution in [3.05, 3.63) is 18.1 Å². The van der Waals surface area contributed by atoms with Gasteiger partial charge in [-0.25, -0.2) is 9.97 Å². The van der Waals surface area contributed by atoms with Crippen LogP contribution in [0.4, 0.5) is 5.82 Å². The van der Waals surface area contributed by atoms with Crippen LogP contribution >= 0.6 is 0 Å². The Labute approximate surface area is 155 Å². The normalized spacial score (nSPS) is 24.8. The Kier molecular flexibility index (Phi) is 5.65. The SMILES string of the molecule is O=C(CN1CCCC1)N1CCCC(c2cc(N3CCOCC3)ncn2)C1. The largest absolute Gasteiger partial charge is 0.378 e. The van der Waals surface area contributed by atoms with Crippen LogP contribution in [0.3, 0.4) is 0 Å². The molecule has 1 unspecified atom stereocenters. The fourth-order valence-electron chi connectivity index (χ4n) is 4.23. The van der Waals surface area contributed by atoms with E-state index in [4.69, 9.17) is 4.74 Å². The van der Waals surface area contributed by atoms with Gasteiger partial charge >= 0.3 is 0 Å². The molecule has 7 nitrogen and oxygen atoms in total. The number of carbonyl (C=O) groups excluding carboxylic acids is 1. The number of aromatic nitrogens is 2. The Balaban J connectivity index is 1.39. The Morgan fingerprint density at radius 3 is 2.69 bits per heavy atom. The number of nitrogens with zero attached hydrogens (tertiary/aromatic N) is 5. The molecule has 0 radical (unpaired) electrons. The quantitative estimate of drug-likeness (QED) is 0.803. The molecule has 0 bridgehead atoms. The second-order valence-corrected chi connectivity index (χ2v) is 7.56. The molecule has 0 spiro atoms. The topological polar surface area (TPSA) is 61.8 Å². The molecule has 0 N–H and O–H groups in total. The van der Waals surface area contributed by atoms with Crippen molar-refractivity contribution >= 4 is 11.7 Å². The number of carbonyl (C=O) groups is 1. The van der Waals surface area contributed by atoms with E-state index in [1.54, 1.807) is 6.33 Å². The third-order valence-electron chi connectivity index (χ3n) is 5.76. The predicted molar refractivity (Wildman–Crippen MR) is 99.3 cm³/mol. The lowest BCUT2D eigenvalue weighted by atomic mass is 9.94. The zero-order valence-electron chi connectivity index (χ0n) is 15.5. The molecule has 142 valence electrons. The van der Waals surface area contributed by atoms with E-state index in [0.717, 1.165) is 76.8 Å². The van der Waals surface area contributed by atoms with Crippen LogP contribution in [0.2, 0.25) is 0 Å². The lowest BCUT2D eigenvalue weighted by Crippen LogP contribution is -2.44. The summed E-state index contributed by atoms with van der Waals surface area (Å²) in [6.45, 7) is 7.63. The number of hydrogen-bond donors (Lipinski definition) is 0. The molecular formula is C19H29N5O2. The molecule has 1 atom stereocenters. The standard InChI is InChI=1S/C19H29N5O2/c25-19(14-22-5-1-2-6-22)24-7-3-4-16(13-24)17-12-18(21-15-20-17)23-8-10-26-11-9-23/h12,15-16H,1-11,13-14H2. The summed E-state index contributed by atoms with van der Waals surface area (Å²) in [6.07, 6.45) is 6.26. The Morgan fingerprint density at radius 2 is 1.88 bits per heavy atom. The van der Waals surface area contributed by atoms with Gasteiger partial charge < -0.3 is 14.5 Å². The second-order valence-electron chi connectivity index (χ2n) is 7.56. The van der Waals surface area contributed by atoms with Crippen molar-refractivity contribution in [2.75, 3.05) is 63.9 Å². The molecule has 3 saturated heterocycles. The first-order valence-corrected chi connectivity index (χ1v) is 9.94. The van der Waals surface area contributed by atoms with E-state index in [9.17, 15) is 4.79 Å². The van der Waals surface area contributed by atoms with E-state index in [0.29, 0.717) is 12.5 Å². The highest BCUT2D eigenvalue weighted by atomic mass is 16.5. The Hall–Kier alpha value is -1.73. The summed E-state index contributed by atoms with van der Waals surface area (Å²) in [5.74, 6) is 1.58. The van der Waals surface area contributed by atoms with Gasteiger partial charge in [0, 0.05) is 38.2 Å². The van der Waals surface area contributed by atoms with E-state index in [1.807, 2.05) is 4.90 Å². The van der Waals surface area contributed by atoms with Crippen LogP contribution in [0.1, 0.15) is 37.3 Å². The molecule has 3 aliphatic rings. The van der Waals surface area contributed by atoms with Gasteiger partial charge in [-0.1, -0.05) is 0 Å². The zero-order valence-corrected chi connectivity index (χ0v) is 15.5. The summed E-state index contributed by atoms with van der Waals surface area (Å²) < 4.78 is 5.43. The summed E-state index contributed by atoms with van der Waals surface area (Å²) in [5.41, 5.74) is 1.07. The number of anilines is 1. The van der Waals surface area contributed by atoms with Crippen molar-refractivity contribution in [1.29, 1.82) is 0 Å². The van der Waals surface area contributed by atoms with Crippen molar-refractivity contribution in [3.8, 4) is 0 Å². The maximum atomic E-state index is 12.7. The van der Waals surface area contributed by atoms with Gasteiger partial charge in [0.05, 0.1) is 25.5 Å². The molecular weight excluding hydrogens is 330 g/mol. The number of hydrogen-bond acceptors (Lipinski definition) is 6. The lowest BCUT2D eigenvalue weighted by Gasteiger charge is -2.34. The van der Waals surface area contributed by atoms with E-state index >= 15 is 0 Å². The predicted octanol–water partition coefficient (Wildman–Crippen LogP) is 1.12. The van der Waals surface area contributed by atoms with Crippen molar-refractivity contribution in [2.45, 2.75) is 31.6 Å². The number of piperidine rings is 1. The van der Waals surface area contributed by atoms with Gasteiger partial charge in [0.2, 0.25) is 5.91 Å². The Morgan fingerprint density at radius 1 is 1.08 bits per heavy atom. The first-order valence-electron chi connectivity index (χ1n) is 9.94. The molecule has 1 aromatic heterocycles. The molecule has 4 rings (SSSR count). The molecule has 3 fully saturated rings. The third kappa shape index (κ3) is 4.15. The van der Waals surface area contributed by atoms with E-state index in [-0.39, 0.29) is 5.91 Å². The molecule has 3 aliphatic heterocycles. The number of rotatable bonds is 4. The monoisotopic (exact) mass is 359 g/mol. The summed E-state index contributed by atoms with van der Waals surface area (Å²) in [6, 6.07) is 2.12. The van der Waals surface area contributed by atoms with Crippen LogP contribution in [0.15, 0.2) is 12.4 Å². The smallest absolute Gasteiger partial charge is 0.236 e. The van der Waals surface area contributed by atoms with Crippen molar-refractivity contribution in [2.24, 2.45) is 0 Å². The minimum absolute atomic E-state index is 0.277.